The van der Waals surface area contributed by atoms with E-state index in [1.54, 1.807) is 18.4 Å². The van der Waals surface area contributed by atoms with Crippen LogP contribution >= 0.6 is 23.1 Å². The molecule has 33 heavy (non-hydrogen) atoms. The Labute approximate surface area is 202 Å². The average Bonchev–Trinajstić information content (AvgIpc) is 3.53. The van der Waals surface area contributed by atoms with Gasteiger partial charge in [0, 0.05) is 41.8 Å². The van der Waals surface area contributed by atoms with E-state index < -0.39 is 0 Å². The molecule has 0 N–H and O–H groups in total. The Morgan fingerprint density at radius 1 is 1.15 bits per heavy atom. The van der Waals surface area contributed by atoms with E-state index in [0.717, 1.165) is 53.1 Å². The normalized spacial score (nSPS) is 11.2. The largest absolute Gasteiger partial charge is 0.497 e. The third-order valence-electron chi connectivity index (χ3n) is 5.83. The number of carbonyl (C=O) groups excluding carboxylic acids is 1. The van der Waals surface area contributed by atoms with Crippen LogP contribution in [0.1, 0.15) is 38.0 Å². The molecule has 0 aliphatic rings. The molecule has 0 atom stereocenters. The van der Waals surface area contributed by atoms with E-state index >= 15 is 0 Å². The summed E-state index contributed by atoms with van der Waals surface area (Å²) in [5, 5.41) is 11.4. The second kappa shape index (κ2) is 10.4. The summed E-state index contributed by atoms with van der Waals surface area (Å²) < 4.78 is 9.44. The standard InChI is InChI=1S/C25H28N4O2S2/c1-17-14-22(18(2)29(17)12-11-19-7-9-20(31-4)10-8-19)23(30)16-33-25-27-26-24(28(25)3)15-21-6-5-13-32-21/h5-10,13-14H,11-12,15-16H2,1-4H3. The quantitative estimate of drug-likeness (QED) is 0.233. The number of nitrogens with zero attached hydrogens (tertiary/aromatic N) is 4. The van der Waals surface area contributed by atoms with E-state index in [2.05, 4.69) is 45.3 Å². The van der Waals surface area contributed by atoms with Gasteiger partial charge >= 0.3 is 0 Å². The highest BCUT2D eigenvalue weighted by Gasteiger charge is 2.18. The van der Waals surface area contributed by atoms with E-state index in [-0.39, 0.29) is 5.78 Å². The number of rotatable bonds is 10. The minimum atomic E-state index is 0.117. The molecule has 0 saturated heterocycles. The van der Waals surface area contributed by atoms with E-state index in [4.69, 9.17) is 4.74 Å². The number of hydrogen-bond acceptors (Lipinski definition) is 6. The van der Waals surface area contributed by atoms with Gasteiger partial charge in [0.25, 0.3) is 0 Å². The van der Waals surface area contributed by atoms with Crippen molar-refractivity contribution in [3.05, 3.63) is 81.1 Å². The molecular formula is C25H28N4O2S2. The van der Waals surface area contributed by atoms with Gasteiger partial charge in [-0.15, -0.1) is 21.5 Å². The number of ether oxygens (including phenoxy) is 1. The first kappa shape index (κ1) is 23.3. The van der Waals surface area contributed by atoms with Crippen molar-refractivity contribution in [1.29, 1.82) is 0 Å². The summed E-state index contributed by atoms with van der Waals surface area (Å²) in [6.07, 6.45) is 1.65. The Morgan fingerprint density at radius 3 is 2.64 bits per heavy atom. The lowest BCUT2D eigenvalue weighted by atomic mass is 10.1. The monoisotopic (exact) mass is 480 g/mol. The van der Waals surface area contributed by atoms with Crippen molar-refractivity contribution in [2.45, 2.75) is 38.4 Å². The predicted molar refractivity (Wildman–Crippen MR) is 134 cm³/mol. The van der Waals surface area contributed by atoms with Crippen molar-refractivity contribution in [2.24, 2.45) is 7.05 Å². The van der Waals surface area contributed by atoms with E-state index in [1.165, 1.54) is 22.2 Å². The van der Waals surface area contributed by atoms with Crippen molar-refractivity contribution in [1.82, 2.24) is 19.3 Å². The first-order valence-corrected chi connectivity index (χ1v) is 12.7. The fraction of sp³-hybridized carbons (Fsp3) is 0.320. The van der Waals surface area contributed by atoms with Gasteiger partial charge in [-0.2, -0.15) is 0 Å². The van der Waals surface area contributed by atoms with Gasteiger partial charge in [0.2, 0.25) is 0 Å². The van der Waals surface area contributed by atoms with Gasteiger partial charge < -0.3 is 13.9 Å². The Balaban J connectivity index is 1.38. The van der Waals surface area contributed by atoms with Crippen molar-refractivity contribution in [2.75, 3.05) is 12.9 Å². The van der Waals surface area contributed by atoms with Crippen LogP contribution in [0.4, 0.5) is 0 Å². The number of thioether (sulfide) groups is 1. The van der Waals surface area contributed by atoms with Crippen molar-refractivity contribution in [3.63, 3.8) is 0 Å². The highest BCUT2D eigenvalue weighted by atomic mass is 32.2. The van der Waals surface area contributed by atoms with Crippen LogP contribution in [0.3, 0.4) is 0 Å². The number of Topliss-reactive ketones (excluding diaryl/α,β-unsaturated/α-hetero) is 1. The molecule has 1 aromatic carbocycles. The molecular weight excluding hydrogens is 452 g/mol. The molecule has 0 spiro atoms. The average molecular weight is 481 g/mol. The van der Waals surface area contributed by atoms with Crippen LogP contribution in [0, 0.1) is 13.8 Å². The third-order valence-corrected chi connectivity index (χ3v) is 7.72. The fourth-order valence-corrected chi connectivity index (χ4v) is 5.38. The second-order valence-electron chi connectivity index (χ2n) is 7.96. The maximum Gasteiger partial charge on any atom is 0.191 e. The molecule has 4 rings (SSSR count). The molecule has 4 aromatic rings. The summed E-state index contributed by atoms with van der Waals surface area (Å²) in [7, 11) is 3.63. The Morgan fingerprint density at radius 2 is 1.94 bits per heavy atom. The summed E-state index contributed by atoms with van der Waals surface area (Å²) in [4.78, 5) is 14.3. The summed E-state index contributed by atoms with van der Waals surface area (Å²) in [6, 6.07) is 14.3. The minimum Gasteiger partial charge on any atom is -0.497 e. The van der Waals surface area contributed by atoms with Crippen molar-refractivity contribution >= 4 is 28.9 Å². The fourth-order valence-electron chi connectivity index (χ4n) is 3.86. The van der Waals surface area contributed by atoms with E-state index in [0.29, 0.717) is 5.75 Å². The van der Waals surface area contributed by atoms with Crippen LogP contribution in [0.5, 0.6) is 5.75 Å². The number of carbonyl (C=O) groups is 1. The minimum absolute atomic E-state index is 0.117. The molecule has 0 aliphatic heterocycles. The Bertz CT molecular complexity index is 1220. The molecule has 0 amide bonds. The van der Waals surface area contributed by atoms with Crippen LogP contribution in [-0.2, 0) is 26.4 Å². The maximum atomic E-state index is 13.0. The molecule has 0 unspecified atom stereocenters. The van der Waals surface area contributed by atoms with Gasteiger partial charge in [-0.05, 0) is 55.5 Å². The summed E-state index contributed by atoms with van der Waals surface area (Å²) >= 11 is 3.15. The zero-order valence-corrected chi connectivity index (χ0v) is 21.0. The van der Waals surface area contributed by atoms with Crippen molar-refractivity contribution in [3.8, 4) is 5.75 Å². The lowest BCUT2D eigenvalue weighted by Crippen LogP contribution is -2.09. The highest BCUT2D eigenvalue weighted by molar-refractivity contribution is 7.99. The SMILES string of the molecule is COc1ccc(CCn2c(C)cc(C(=O)CSc3nnc(Cc4cccs4)n3C)c2C)cc1. The molecule has 0 saturated carbocycles. The number of thiophene rings is 1. The summed E-state index contributed by atoms with van der Waals surface area (Å²) in [6.45, 7) is 4.92. The molecule has 3 aromatic heterocycles. The van der Waals surface area contributed by atoms with Crippen LogP contribution < -0.4 is 4.74 Å². The van der Waals surface area contributed by atoms with Gasteiger partial charge in [0.1, 0.15) is 11.6 Å². The molecule has 172 valence electrons. The maximum absolute atomic E-state index is 13.0. The summed E-state index contributed by atoms with van der Waals surface area (Å²) in [5.41, 5.74) is 4.15. The second-order valence-corrected chi connectivity index (χ2v) is 9.94. The molecule has 6 nitrogen and oxygen atoms in total. The molecule has 0 bridgehead atoms. The van der Waals surface area contributed by atoms with Gasteiger partial charge in [-0.3, -0.25) is 4.79 Å². The number of benzene rings is 1. The van der Waals surface area contributed by atoms with Gasteiger partial charge in [0.05, 0.1) is 12.9 Å². The summed E-state index contributed by atoms with van der Waals surface area (Å²) in [5.74, 6) is 2.23. The van der Waals surface area contributed by atoms with Crippen LogP contribution in [-0.4, -0.2) is 38.0 Å². The lowest BCUT2D eigenvalue weighted by molar-refractivity contribution is 0.102. The topological polar surface area (TPSA) is 61.9 Å². The first-order chi connectivity index (χ1) is 16.0. The van der Waals surface area contributed by atoms with E-state index in [9.17, 15) is 4.79 Å². The zero-order chi connectivity index (χ0) is 23.4. The number of hydrogen-bond donors (Lipinski definition) is 0. The van der Waals surface area contributed by atoms with Crippen LogP contribution in [0.15, 0.2) is 53.0 Å². The molecule has 3 heterocycles. The molecule has 0 radical (unpaired) electrons. The van der Waals surface area contributed by atoms with Gasteiger partial charge in [-0.25, -0.2) is 0 Å². The van der Waals surface area contributed by atoms with E-state index in [1.807, 2.05) is 42.8 Å². The van der Waals surface area contributed by atoms with Crippen molar-refractivity contribution < 1.29 is 9.53 Å². The third kappa shape index (κ3) is 5.39. The molecule has 8 heteroatoms. The van der Waals surface area contributed by atoms with Crippen LogP contribution in [0.25, 0.3) is 0 Å². The zero-order valence-electron chi connectivity index (χ0n) is 19.4. The number of aromatic nitrogens is 4. The smallest absolute Gasteiger partial charge is 0.191 e. The predicted octanol–water partition coefficient (Wildman–Crippen LogP) is 5.11. The number of ketones is 1. The number of methoxy groups -OCH3 is 1. The number of aryl methyl sites for hydroxylation is 2. The lowest BCUT2D eigenvalue weighted by Gasteiger charge is -2.10. The molecule has 0 aliphatic carbocycles. The first-order valence-electron chi connectivity index (χ1n) is 10.8. The molecule has 0 fully saturated rings. The van der Waals surface area contributed by atoms with Gasteiger partial charge in [-0.1, -0.05) is 30.0 Å². The highest BCUT2D eigenvalue weighted by Crippen LogP contribution is 2.23. The van der Waals surface area contributed by atoms with Crippen LogP contribution in [0.2, 0.25) is 0 Å². The Hall–Kier alpha value is -2.84. The van der Waals surface area contributed by atoms with Gasteiger partial charge in [0.15, 0.2) is 10.9 Å². The Kier molecular flexibility index (Phi) is 7.35.